The van der Waals surface area contributed by atoms with E-state index < -0.39 is 0 Å². The van der Waals surface area contributed by atoms with Crippen molar-refractivity contribution >= 4 is 27.2 Å². The number of pyridine rings is 1. The van der Waals surface area contributed by atoms with Gasteiger partial charge in [-0.1, -0.05) is 24.3 Å². The molecule has 0 amide bonds. The van der Waals surface area contributed by atoms with Gasteiger partial charge in [0.15, 0.2) is 0 Å². The minimum absolute atomic E-state index is 0.299. The van der Waals surface area contributed by atoms with Gasteiger partial charge >= 0.3 is 0 Å². The molecule has 6 rings (SSSR count). The van der Waals surface area contributed by atoms with E-state index in [4.69, 9.17) is 4.98 Å². The third-order valence-corrected chi connectivity index (χ3v) is 7.26. The van der Waals surface area contributed by atoms with Crippen molar-refractivity contribution in [2.24, 2.45) is 5.92 Å². The van der Waals surface area contributed by atoms with Crippen LogP contribution in [0.4, 0.5) is 5.69 Å². The van der Waals surface area contributed by atoms with Crippen LogP contribution in [-0.4, -0.2) is 9.97 Å². The smallest absolute Gasteiger partial charge is 0.124 e. The van der Waals surface area contributed by atoms with Crippen LogP contribution in [0.5, 0.6) is 0 Å². The summed E-state index contributed by atoms with van der Waals surface area (Å²) in [6, 6.07) is 17.8. The van der Waals surface area contributed by atoms with Gasteiger partial charge in [-0.25, -0.2) is 4.98 Å². The first-order valence-corrected chi connectivity index (χ1v) is 10.9. The number of anilines is 1. The second kappa shape index (κ2) is 6.53. The van der Waals surface area contributed by atoms with Gasteiger partial charge in [0.1, 0.15) is 5.01 Å². The molecule has 2 aromatic heterocycles. The highest BCUT2D eigenvalue weighted by molar-refractivity contribution is 7.21. The Hall–Kier alpha value is -2.98. The van der Waals surface area contributed by atoms with Crippen molar-refractivity contribution in [3.8, 4) is 10.6 Å². The minimum atomic E-state index is 0.299. The van der Waals surface area contributed by atoms with Crippen LogP contribution in [0.1, 0.15) is 35.1 Å². The highest BCUT2D eigenvalue weighted by atomic mass is 32.1. The quantitative estimate of drug-likeness (QED) is 0.394. The van der Waals surface area contributed by atoms with Gasteiger partial charge in [-0.15, -0.1) is 11.3 Å². The van der Waals surface area contributed by atoms with Gasteiger partial charge in [0, 0.05) is 29.6 Å². The monoisotopic (exact) mass is 395 g/mol. The molecule has 2 aliphatic rings. The van der Waals surface area contributed by atoms with E-state index in [1.54, 1.807) is 11.3 Å². The van der Waals surface area contributed by atoms with Crippen LogP contribution in [-0.2, 0) is 0 Å². The van der Waals surface area contributed by atoms with E-state index in [9.17, 15) is 0 Å². The molecule has 3 atom stereocenters. The Morgan fingerprint density at radius 3 is 2.97 bits per heavy atom. The van der Waals surface area contributed by atoms with Gasteiger partial charge in [0.05, 0.1) is 16.3 Å². The summed E-state index contributed by atoms with van der Waals surface area (Å²) < 4.78 is 1.26. The summed E-state index contributed by atoms with van der Waals surface area (Å²) in [5.74, 6) is 0.966. The molecule has 0 bridgehead atoms. The van der Waals surface area contributed by atoms with Crippen molar-refractivity contribution in [2.75, 3.05) is 5.32 Å². The third-order valence-electron chi connectivity index (χ3n) is 6.20. The fourth-order valence-electron chi connectivity index (χ4n) is 4.77. The first-order chi connectivity index (χ1) is 14.3. The summed E-state index contributed by atoms with van der Waals surface area (Å²) in [5.41, 5.74) is 7.46. The summed E-state index contributed by atoms with van der Waals surface area (Å²) in [6.45, 7) is 2.13. The zero-order valence-electron chi connectivity index (χ0n) is 16.2. The van der Waals surface area contributed by atoms with Crippen LogP contribution >= 0.6 is 11.3 Å². The molecule has 3 heterocycles. The van der Waals surface area contributed by atoms with Crippen molar-refractivity contribution in [3.05, 3.63) is 89.8 Å². The molecule has 3 nitrogen and oxygen atoms in total. The number of hydrogen-bond donors (Lipinski definition) is 1. The first kappa shape index (κ1) is 16.9. The molecule has 0 radical (unpaired) electrons. The maximum atomic E-state index is 4.89. The second-order valence-electron chi connectivity index (χ2n) is 8.05. The van der Waals surface area contributed by atoms with Crippen LogP contribution in [0.3, 0.4) is 0 Å². The molecule has 0 saturated heterocycles. The van der Waals surface area contributed by atoms with Gasteiger partial charge in [0.25, 0.3) is 0 Å². The molecular weight excluding hydrogens is 374 g/mol. The zero-order valence-corrected chi connectivity index (χ0v) is 17.0. The van der Waals surface area contributed by atoms with Crippen LogP contribution in [0.15, 0.2) is 73.1 Å². The van der Waals surface area contributed by atoms with E-state index in [0.29, 0.717) is 17.9 Å². The van der Waals surface area contributed by atoms with Gasteiger partial charge in [-0.2, -0.15) is 0 Å². The minimum Gasteiger partial charge on any atom is -0.378 e. The summed E-state index contributed by atoms with van der Waals surface area (Å²) in [6.07, 6.45) is 9.66. The Morgan fingerprint density at radius 1 is 1.10 bits per heavy atom. The maximum absolute atomic E-state index is 4.89. The SMILES string of the molecule is Cc1ccc2nc(-c3ccc4c(c3)[C@@H]3C=CC[C@@H]3[C@H](c3cccnc3)N4)sc2c1. The average molecular weight is 396 g/mol. The van der Waals surface area contributed by atoms with E-state index in [2.05, 4.69) is 71.8 Å². The van der Waals surface area contributed by atoms with Crippen molar-refractivity contribution < 1.29 is 0 Å². The fourth-order valence-corrected chi connectivity index (χ4v) is 5.83. The molecule has 1 aliphatic heterocycles. The topological polar surface area (TPSA) is 37.8 Å². The Morgan fingerprint density at radius 2 is 2.07 bits per heavy atom. The standard InChI is InChI=1S/C25H21N3S/c1-15-7-9-22-23(12-15)29-25(28-22)16-8-10-21-20(13-16)18-5-2-6-19(18)24(27-21)17-4-3-11-26-14-17/h2-5,7-14,18-19,24,27H,6H2,1H3/t18-,19+,24+/m1/s1. The van der Waals surface area contributed by atoms with Gasteiger partial charge in [-0.05, 0) is 72.4 Å². The number of allylic oxidation sites excluding steroid dienone is 2. The average Bonchev–Trinajstić information content (AvgIpc) is 3.40. The molecule has 142 valence electrons. The summed E-state index contributed by atoms with van der Waals surface area (Å²) in [7, 11) is 0. The highest BCUT2D eigenvalue weighted by Crippen LogP contribution is 2.50. The van der Waals surface area contributed by atoms with E-state index in [1.165, 1.54) is 32.6 Å². The normalized spacial score (nSPS) is 22.3. The van der Waals surface area contributed by atoms with Crippen LogP contribution in [0, 0.1) is 12.8 Å². The first-order valence-electron chi connectivity index (χ1n) is 10.1. The highest BCUT2D eigenvalue weighted by Gasteiger charge is 2.38. The van der Waals surface area contributed by atoms with E-state index >= 15 is 0 Å². The molecular formula is C25H21N3S. The van der Waals surface area contributed by atoms with E-state index in [-0.39, 0.29) is 0 Å². The molecule has 1 aliphatic carbocycles. The summed E-state index contributed by atoms with van der Waals surface area (Å²) in [4.78, 5) is 9.24. The molecule has 4 heteroatoms. The second-order valence-corrected chi connectivity index (χ2v) is 9.08. The zero-order chi connectivity index (χ0) is 19.4. The Labute approximate surface area is 174 Å². The number of benzene rings is 2. The number of hydrogen-bond acceptors (Lipinski definition) is 4. The largest absolute Gasteiger partial charge is 0.378 e. The molecule has 4 aromatic rings. The molecule has 29 heavy (non-hydrogen) atoms. The molecule has 0 fully saturated rings. The Balaban J connectivity index is 1.42. The van der Waals surface area contributed by atoms with E-state index in [0.717, 1.165) is 16.9 Å². The Bertz CT molecular complexity index is 1240. The molecule has 2 aromatic carbocycles. The third kappa shape index (κ3) is 2.78. The molecule has 0 saturated carbocycles. The van der Waals surface area contributed by atoms with Gasteiger partial charge in [0.2, 0.25) is 0 Å². The summed E-state index contributed by atoms with van der Waals surface area (Å²) in [5, 5.41) is 4.90. The van der Waals surface area contributed by atoms with Crippen LogP contribution < -0.4 is 5.32 Å². The number of nitrogens with one attached hydrogen (secondary N) is 1. The molecule has 1 N–H and O–H groups in total. The lowest BCUT2D eigenvalue weighted by molar-refractivity contribution is 0.425. The number of thiazole rings is 1. The van der Waals surface area contributed by atoms with Crippen molar-refractivity contribution in [3.63, 3.8) is 0 Å². The molecule has 0 spiro atoms. The fraction of sp³-hybridized carbons (Fsp3) is 0.200. The van der Waals surface area contributed by atoms with Crippen molar-refractivity contribution in [2.45, 2.75) is 25.3 Å². The van der Waals surface area contributed by atoms with Crippen molar-refractivity contribution in [1.29, 1.82) is 0 Å². The number of fused-ring (bicyclic) bond motifs is 4. The predicted octanol–water partition coefficient (Wildman–Crippen LogP) is 6.49. The van der Waals surface area contributed by atoms with Crippen LogP contribution in [0.25, 0.3) is 20.8 Å². The maximum Gasteiger partial charge on any atom is 0.124 e. The van der Waals surface area contributed by atoms with Crippen LogP contribution in [0.2, 0.25) is 0 Å². The molecule has 0 unspecified atom stereocenters. The Kier molecular flexibility index (Phi) is 3.81. The number of aromatic nitrogens is 2. The predicted molar refractivity (Wildman–Crippen MR) is 120 cm³/mol. The lowest BCUT2D eigenvalue weighted by atomic mass is 9.77. The number of nitrogens with zero attached hydrogens (tertiary/aromatic N) is 2. The number of rotatable bonds is 2. The van der Waals surface area contributed by atoms with Gasteiger partial charge < -0.3 is 5.32 Å². The summed E-state index contributed by atoms with van der Waals surface area (Å²) >= 11 is 1.78. The van der Waals surface area contributed by atoms with Crippen molar-refractivity contribution in [1.82, 2.24) is 9.97 Å². The lowest BCUT2D eigenvalue weighted by Gasteiger charge is -2.37. The number of aryl methyl sites for hydroxylation is 1. The lowest BCUT2D eigenvalue weighted by Crippen LogP contribution is -2.29. The van der Waals surface area contributed by atoms with Gasteiger partial charge in [-0.3, -0.25) is 4.98 Å². The van der Waals surface area contributed by atoms with E-state index in [1.807, 2.05) is 18.5 Å².